The summed E-state index contributed by atoms with van der Waals surface area (Å²) in [5.41, 5.74) is 2.27. The summed E-state index contributed by atoms with van der Waals surface area (Å²) in [5, 5.41) is 13.9. The van der Waals surface area contributed by atoms with Crippen molar-refractivity contribution >= 4 is 6.09 Å². The van der Waals surface area contributed by atoms with Crippen LogP contribution in [0, 0.1) is 5.41 Å². The zero-order valence-corrected chi connectivity index (χ0v) is 16.2. The molecule has 134 valence electrons. The summed E-state index contributed by atoms with van der Waals surface area (Å²) in [5.74, 6) is 0.274. The Kier molecular flexibility index (Phi) is 4.41. The lowest BCUT2D eigenvalue weighted by molar-refractivity contribution is 0.0380. The van der Waals surface area contributed by atoms with Crippen molar-refractivity contribution < 1.29 is 14.6 Å². The normalized spacial score (nSPS) is 21.2. The predicted octanol–water partition coefficient (Wildman–Crippen LogP) is 4.79. The molecule has 1 aromatic carbocycles. The topological polar surface area (TPSA) is 58.6 Å². The second kappa shape index (κ2) is 5.68. The lowest BCUT2D eigenvalue weighted by Gasteiger charge is -2.40. The molecule has 2 N–H and O–H groups in total. The van der Waals surface area contributed by atoms with Gasteiger partial charge in [-0.25, -0.2) is 4.79 Å². The van der Waals surface area contributed by atoms with Crippen LogP contribution in [0.2, 0.25) is 0 Å². The number of amides is 1. The summed E-state index contributed by atoms with van der Waals surface area (Å²) < 4.78 is 5.15. The summed E-state index contributed by atoms with van der Waals surface area (Å²) in [4.78, 5) is 11.8. The van der Waals surface area contributed by atoms with Crippen molar-refractivity contribution in [2.75, 3.05) is 6.61 Å². The van der Waals surface area contributed by atoms with Crippen molar-refractivity contribution in [3.05, 3.63) is 28.8 Å². The molecule has 0 saturated carbocycles. The standard InChI is InChI=1S/C20H31NO3/c1-18(2,3)12-9-13(15(22)14(10-12)19(4,5)6)16-20(7,8)11-24-17(23)21-16/h9-10,16,22H,11H2,1-8H3,(H,21,23)/t16-/m0/s1. The Bertz CT molecular complexity index is 648. The van der Waals surface area contributed by atoms with Crippen LogP contribution in [0.5, 0.6) is 5.75 Å². The van der Waals surface area contributed by atoms with Gasteiger partial charge >= 0.3 is 6.09 Å². The second-order valence-electron chi connectivity index (χ2n) is 9.60. The molecule has 0 aromatic heterocycles. The fourth-order valence-electron chi connectivity index (χ4n) is 3.07. The number of ether oxygens (including phenoxy) is 1. The molecular formula is C20H31NO3. The van der Waals surface area contributed by atoms with Gasteiger partial charge in [0.2, 0.25) is 0 Å². The Morgan fingerprint density at radius 1 is 1.12 bits per heavy atom. The molecule has 0 unspecified atom stereocenters. The number of phenols is 1. The highest BCUT2D eigenvalue weighted by molar-refractivity contribution is 5.69. The van der Waals surface area contributed by atoms with Crippen molar-refractivity contribution in [1.82, 2.24) is 5.32 Å². The second-order valence-corrected chi connectivity index (χ2v) is 9.60. The van der Waals surface area contributed by atoms with E-state index in [1.165, 1.54) is 0 Å². The minimum Gasteiger partial charge on any atom is -0.507 e. The summed E-state index contributed by atoms with van der Waals surface area (Å²) in [6.45, 7) is 17.1. The number of phenolic OH excluding ortho intramolecular Hbond substituents is 1. The zero-order valence-electron chi connectivity index (χ0n) is 16.2. The number of benzene rings is 1. The van der Waals surface area contributed by atoms with Gasteiger partial charge in [-0.05, 0) is 28.0 Å². The molecule has 2 rings (SSSR count). The molecule has 1 aliphatic rings. The fraction of sp³-hybridized carbons (Fsp3) is 0.650. The van der Waals surface area contributed by atoms with Crippen LogP contribution in [-0.2, 0) is 15.6 Å². The Morgan fingerprint density at radius 2 is 1.71 bits per heavy atom. The average molecular weight is 333 g/mol. The number of nitrogens with one attached hydrogen (secondary N) is 1. The number of cyclic esters (lactones) is 1. The van der Waals surface area contributed by atoms with Crippen LogP contribution in [0.25, 0.3) is 0 Å². The van der Waals surface area contributed by atoms with E-state index in [0.29, 0.717) is 6.61 Å². The van der Waals surface area contributed by atoms with E-state index in [1.807, 2.05) is 19.9 Å². The van der Waals surface area contributed by atoms with Gasteiger partial charge in [0, 0.05) is 11.0 Å². The summed E-state index contributed by atoms with van der Waals surface area (Å²) >= 11 is 0. The van der Waals surface area contributed by atoms with E-state index >= 15 is 0 Å². The van der Waals surface area contributed by atoms with Crippen LogP contribution in [0.3, 0.4) is 0 Å². The van der Waals surface area contributed by atoms with Crippen molar-refractivity contribution in [2.24, 2.45) is 5.41 Å². The van der Waals surface area contributed by atoms with Crippen LogP contribution in [0.15, 0.2) is 12.1 Å². The molecule has 1 aliphatic heterocycles. The number of hydrogen-bond donors (Lipinski definition) is 2. The third-order valence-electron chi connectivity index (χ3n) is 4.74. The highest BCUT2D eigenvalue weighted by atomic mass is 16.6. The number of rotatable bonds is 1. The molecule has 1 heterocycles. The number of aromatic hydroxyl groups is 1. The maximum Gasteiger partial charge on any atom is 0.407 e. The smallest absolute Gasteiger partial charge is 0.407 e. The summed E-state index contributed by atoms with van der Waals surface area (Å²) in [6, 6.07) is 3.83. The Labute approximate surface area is 145 Å². The minimum atomic E-state index is -0.433. The van der Waals surface area contributed by atoms with Gasteiger partial charge in [0.1, 0.15) is 12.4 Å². The number of alkyl carbamates (subject to hydrolysis) is 1. The quantitative estimate of drug-likeness (QED) is 0.776. The summed E-state index contributed by atoms with van der Waals surface area (Å²) in [7, 11) is 0. The SMILES string of the molecule is CC(C)(C)c1cc([C@@H]2NC(=O)OCC2(C)C)c(O)c(C(C)(C)C)c1. The molecule has 0 aliphatic carbocycles. The maximum atomic E-state index is 11.8. The number of hydrogen-bond acceptors (Lipinski definition) is 3. The molecule has 0 radical (unpaired) electrons. The van der Waals surface area contributed by atoms with E-state index in [0.717, 1.165) is 16.7 Å². The van der Waals surface area contributed by atoms with Crippen LogP contribution in [0.4, 0.5) is 4.79 Å². The van der Waals surface area contributed by atoms with Gasteiger partial charge in [-0.1, -0.05) is 61.5 Å². The molecule has 0 bridgehead atoms. The minimum absolute atomic E-state index is 0.0538. The third-order valence-corrected chi connectivity index (χ3v) is 4.74. The van der Waals surface area contributed by atoms with Crippen molar-refractivity contribution in [1.29, 1.82) is 0 Å². The van der Waals surface area contributed by atoms with Gasteiger partial charge in [-0.3, -0.25) is 0 Å². The van der Waals surface area contributed by atoms with Crippen LogP contribution < -0.4 is 5.32 Å². The number of carbonyl (C=O) groups is 1. The van der Waals surface area contributed by atoms with Crippen LogP contribution in [-0.4, -0.2) is 17.8 Å². The number of carbonyl (C=O) groups excluding carboxylic acids is 1. The first-order valence-corrected chi connectivity index (χ1v) is 8.54. The van der Waals surface area contributed by atoms with Gasteiger partial charge < -0.3 is 15.2 Å². The largest absolute Gasteiger partial charge is 0.507 e. The first-order valence-electron chi connectivity index (χ1n) is 8.54. The Morgan fingerprint density at radius 3 is 2.21 bits per heavy atom. The fourth-order valence-corrected chi connectivity index (χ4v) is 3.07. The van der Waals surface area contributed by atoms with Crippen molar-refractivity contribution in [3.63, 3.8) is 0 Å². The third kappa shape index (κ3) is 3.52. The van der Waals surface area contributed by atoms with Gasteiger partial charge in [-0.15, -0.1) is 0 Å². The van der Waals surface area contributed by atoms with Gasteiger partial charge in [0.25, 0.3) is 0 Å². The first-order chi connectivity index (χ1) is 10.7. The summed E-state index contributed by atoms with van der Waals surface area (Å²) in [6.07, 6.45) is -0.433. The molecule has 24 heavy (non-hydrogen) atoms. The van der Waals surface area contributed by atoms with E-state index in [-0.39, 0.29) is 28.0 Å². The first kappa shape index (κ1) is 18.6. The highest BCUT2D eigenvalue weighted by Crippen LogP contribution is 2.45. The molecule has 1 amide bonds. The molecular weight excluding hydrogens is 302 g/mol. The molecule has 1 saturated heterocycles. The van der Waals surface area contributed by atoms with Crippen LogP contribution >= 0.6 is 0 Å². The van der Waals surface area contributed by atoms with Gasteiger partial charge in [-0.2, -0.15) is 0 Å². The molecule has 1 fully saturated rings. The van der Waals surface area contributed by atoms with E-state index in [1.54, 1.807) is 0 Å². The van der Waals surface area contributed by atoms with Crippen LogP contribution in [0.1, 0.15) is 78.1 Å². The monoisotopic (exact) mass is 333 g/mol. The van der Waals surface area contributed by atoms with E-state index in [9.17, 15) is 9.90 Å². The zero-order chi connectivity index (χ0) is 18.5. The van der Waals surface area contributed by atoms with Gasteiger partial charge in [0.05, 0.1) is 6.04 Å². The molecule has 0 spiro atoms. The molecule has 4 heteroatoms. The van der Waals surface area contributed by atoms with Crippen molar-refractivity contribution in [2.45, 2.75) is 72.3 Å². The highest BCUT2D eigenvalue weighted by Gasteiger charge is 2.40. The lowest BCUT2D eigenvalue weighted by atomic mass is 9.74. The van der Waals surface area contributed by atoms with E-state index < -0.39 is 6.09 Å². The molecule has 4 nitrogen and oxygen atoms in total. The molecule has 1 atom stereocenters. The van der Waals surface area contributed by atoms with Gasteiger partial charge in [0.15, 0.2) is 0 Å². The Balaban J connectivity index is 2.70. The average Bonchev–Trinajstić information content (AvgIpc) is 2.39. The van der Waals surface area contributed by atoms with Crippen molar-refractivity contribution in [3.8, 4) is 5.75 Å². The van der Waals surface area contributed by atoms with E-state index in [4.69, 9.17) is 4.74 Å². The Hall–Kier alpha value is -1.71. The predicted molar refractivity (Wildman–Crippen MR) is 96.5 cm³/mol. The maximum absolute atomic E-state index is 11.8. The van der Waals surface area contributed by atoms with E-state index in [2.05, 4.69) is 52.9 Å². The molecule has 1 aromatic rings. The lowest BCUT2D eigenvalue weighted by Crippen LogP contribution is -2.47.